The van der Waals surface area contributed by atoms with Gasteiger partial charge in [0.15, 0.2) is 0 Å². The summed E-state index contributed by atoms with van der Waals surface area (Å²) in [5, 5.41) is 0.917. The second kappa shape index (κ2) is 6.50. The molecule has 16 heavy (non-hydrogen) atoms. The van der Waals surface area contributed by atoms with E-state index in [1.54, 1.807) is 6.92 Å². The molecule has 0 bridgehead atoms. The summed E-state index contributed by atoms with van der Waals surface area (Å²) in [6, 6.07) is 0. The molecule has 90 valence electrons. The van der Waals surface area contributed by atoms with E-state index in [9.17, 15) is 9.59 Å². The molecule has 0 aromatic rings. The second-order valence-corrected chi connectivity index (χ2v) is 7.54. The van der Waals surface area contributed by atoms with Crippen molar-refractivity contribution in [1.82, 2.24) is 0 Å². The van der Waals surface area contributed by atoms with E-state index in [0.29, 0.717) is 22.4 Å². The highest BCUT2D eigenvalue weighted by atomic mass is 32.2. The van der Waals surface area contributed by atoms with Crippen molar-refractivity contribution in [2.75, 3.05) is 11.5 Å². The van der Waals surface area contributed by atoms with Crippen LogP contribution in [0.5, 0.6) is 0 Å². The van der Waals surface area contributed by atoms with E-state index in [-0.39, 0.29) is 16.0 Å². The Kier molecular flexibility index (Phi) is 5.62. The zero-order valence-electron chi connectivity index (χ0n) is 9.95. The number of carbonyl (C=O) groups excluding carboxylic acids is 2. The molecule has 0 spiro atoms. The monoisotopic (exact) mass is 259 g/mol. The Morgan fingerprint density at radius 3 is 2.38 bits per heavy atom. The quantitative estimate of drug-likeness (QED) is 0.577. The van der Waals surface area contributed by atoms with Crippen LogP contribution in [0.3, 0.4) is 0 Å². The zero-order valence-corrected chi connectivity index (χ0v) is 11.6. The molecule has 1 aliphatic rings. The average Bonchev–Trinajstić information content (AvgIpc) is 2.28. The topological polar surface area (TPSA) is 34.1 Å². The van der Waals surface area contributed by atoms with Crippen LogP contribution < -0.4 is 0 Å². The van der Waals surface area contributed by atoms with E-state index in [4.69, 9.17) is 0 Å². The third kappa shape index (κ3) is 3.98. The predicted octanol–water partition coefficient (Wildman–Crippen LogP) is 2.54. The third-order valence-electron chi connectivity index (χ3n) is 2.61. The molecule has 1 heterocycles. The summed E-state index contributed by atoms with van der Waals surface area (Å²) in [5.74, 6) is 1.96. The fourth-order valence-electron chi connectivity index (χ4n) is 1.60. The zero-order chi connectivity index (χ0) is 12.1. The van der Waals surface area contributed by atoms with E-state index in [1.165, 1.54) is 11.8 Å². The molecule has 0 atom stereocenters. The van der Waals surface area contributed by atoms with Crippen LogP contribution in [0.1, 0.15) is 33.1 Å². The highest BCUT2D eigenvalue weighted by molar-refractivity contribution is 8.15. The highest BCUT2D eigenvalue weighted by Crippen LogP contribution is 2.28. The van der Waals surface area contributed by atoms with E-state index in [2.05, 4.69) is 6.58 Å². The van der Waals surface area contributed by atoms with Crippen molar-refractivity contribution in [3.8, 4) is 0 Å². The summed E-state index contributed by atoms with van der Waals surface area (Å²) in [7, 11) is -0.0216. The Morgan fingerprint density at radius 2 is 1.94 bits per heavy atom. The maximum absolute atomic E-state index is 11.5. The van der Waals surface area contributed by atoms with Crippen LogP contribution in [0.4, 0.5) is 0 Å². The number of rotatable bonds is 3. The smallest absolute Gasteiger partial charge is 0.282 e. The van der Waals surface area contributed by atoms with Crippen molar-refractivity contribution in [3.63, 3.8) is 0 Å². The van der Waals surface area contributed by atoms with Gasteiger partial charge in [0.2, 0.25) is 5.12 Å². The first kappa shape index (κ1) is 13.8. The van der Waals surface area contributed by atoms with Gasteiger partial charge in [0, 0.05) is 18.1 Å². The van der Waals surface area contributed by atoms with Gasteiger partial charge in [-0.05, 0) is 12.5 Å². The van der Waals surface area contributed by atoms with Gasteiger partial charge in [-0.1, -0.05) is 25.3 Å². The maximum Gasteiger partial charge on any atom is 0.330 e. The lowest BCUT2D eigenvalue weighted by molar-refractivity contribution is -0.111. The number of hydrogen-bond donors (Lipinski definition) is 0. The standard InChI is InChI=1S/C12H19O2S2/c1-4-11(13)16-7-5-10(6-8-16)15-12(14)9(2)3/h10H,2,4-8H2,1,3H3/q+1. The normalized spacial score (nSPS) is 25.1. The molecule has 1 fully saturated rings. The minimum absolute atomic E-state index is 0.0216. The van der Waals surface area contributed by atoms with Crippen LogP contribution >= 0.6 is 11.8 Å². The first-order valence-corrected chi connectivity index (χ1v) is 8.05. The minimum Gasteiger partial charge on any atom is -0.282 e. The van der Waals surface area contributed by atoms with Gasteiger partial charge in [-0.25, -0.2) is 4.79 Å². The summed E-state index contributed by atoms with van der Waals surface area (Å²) in [6.07, 6.45) is 2.66. The average molecular weight is 259 g/mol. The van der Waals surface area contributed by atoms with Gasteiger partial charge in [-0.2, -0.15) is 0 Å². The third-order valence-corrected chi connectivity index (χ3v) is 6.36. The first-order chi connectivity index (χ1) is 7.54. The van der Waals surface area contributed by atoms with E-state index < -0.39 is 0 Å². The van der Waals surface area contributed by atoms with Crippen molar-refractivity contribution in [3.05, 3.63) is 12.2 Å². The van der Waals surface area contributed by atoms with Gasteiger partial charge in [0.05, 0.1) is 17.3 Å². The fraction of sp³-hybridized carbons (Fsp3) is 0.667. The Morgan fingerprint density at radius 1 is 1.38 bits per heavy atom. The molecule has 4 heteroatoms. The Balaban J connectivity index is 2.35. The molecular weight excluding hydrogens is 240 g/mol. The lowest BCUT2D eigenvalue weighted by Crippen LogP contribution is -2.31. The van der Waals surface area contributed by atoms with E-state index >= 15 is 0 Å². The molecule has 0 unspecified atom stereocenters. The van der Waals surface area contributed by atoms with Crippen molar-refractivity contribution in [2.45, 2.75) is 38.4 Å². The molecule has 0 radical (unpaired) electrons. The summed E-state index contributed by atoms with van der Waals surface area (Å²) in [6.45, 7) is 7.34. The summed E-state index contributed by atoms with van der Waals surface area (Å²) < 4.78 is 0. The molecule has 0 amide bonds. The van der Waals surface area contributed by atoms with Crippen molar-refractivity contribution in [2.24, 2.45) is 0 Å². The molecule has 0 saturated carbocycles. The molecule has 1 rings (SSSR count). The number of hydrogen-bond acceptors (Lipinski definition) is 3. The Hall–Kier alpha value is -0.220. The van der Waals surface area contributed by atoms with E-state index in [0.717, 1.165) is 24.3 Å². The van der Waals surface area contributed by atoms with Gasteiger partial charge >= 0.3 is 5.12 Å². The molecule has 1 aliphatic heterocycles. The molecule has 0 aliphatic carbocycles. The van der Waals surface area contributed by atoms with Gasteiger partial charge in [-0.15, -0.1) is 0 Å². The van der Waals surface area contributed by atoms with Gasteiger partial charge in [-0.3, -0.25) is 4.79 Å². The fourth-order valence-corrected chi connectivity index (χ4v) is 5.07. The predicted molar refractivity (Wildman–Crippen MR) is 72.8 cm³/mol. The molecule has 0 aromatic heterocycles. The van der Waals surface area contributed by atoms with E-state index in [1.807, 2.05) is 6.92 Å². The maximum atomic E-state index is 11.5. The number of thioether (sulfide) groups is 1. The van der Waals surface area contributed by atoms with Gasteiger partial charge in [0.25, 0.3) is 0 Å². The molecule has 1 saturated heterocycles. The lowest BCUT2D eigenvalue weighted by Gasteiger charge is -2.20. The first-order valence-electron chi connectivity index (χ1n) is 5.61. The summed E-state index contributed by atoms with van der Waals surface area (Å²) in [4.78, 5) is 23.0. The largest absolute Gasteiger partial charge is 0.330 e. The van der Waals surface area contributed by atoms with Crippen LogP contribution in [0.25, 0.3) is 0 Å². The molecular formula is C12H19O2S2+. The van der Waals surface area contributed by atoms with Crippen molar-refractivity contribution >= 4 is 32.9 Å². The van der Waals surface area contributed by atoms with Crippen LogP contribution in [0.15, 0.2) is 12.2 Å². The van der Waals surface area contributed by atoms with Crippen molar-refractivity contribution < 1.29 is 9.59 Å². The van der Waals surface area contributed by atoms with Gasteiger partial charge < -0.3 is 0 Å². The van der Waals surface area contributed by atoms with Crippen LogP contribution in [-0.2, 0) is 20.5 Å². The summed E-state index contributed by atoms with van der Waals surface area (Å²) >= 11 is 1.40. The summed E-state index contributed by atoms with van der Waals surface area (Å²) in [5.41, 5.74) is 0.624. The van der Waals surface area contributed by atoms with Crippen LogP contribution in [0, 0.1) is 0 Å². The molecule has 0 N–H and O–H groups in total. The van der Waals surface area contributed by atoms with Crippen LogP contribution in [-0.4, -0.2) is 27.0 Å². The van der Waals surface area contributed by atoms with Crippen molar-refractivity contribution in [1.29, 1.82) is 0 Å². The highest BCUT2D eigenvalue weighted by Gasteiger charge is 2.34. The number of carbonyl (C=O) groups is 2. The van der Waals surface area contributed by atoms with Gasteiger partial charge in [0.1, 0.15) is 11.5 Å². The van der Waals surface area contributed by atoms with Crippen LogP contribution in [0.2, 0.25) is 0 Å². The SMILES string of the molecule is C=C(C)C(=O)SC1CC[S+](C(=O)CC)CC1. The Labute approximate surface area is 105 Å². The lowest BCUT2D eigenvalue weighted by atomic mass is 10.2. The molecule has 2 nitrogen and oxygen atoms in total. The Bertz CT molecular complexity index is 291. The minimum atomic E-state index is -0.0216. The second-order valence-electron chi connectivity index (χ2n) is 4.01. The molecule has 0 aromatic carbocycles.